The Morgan fingerprint density at radius 2 is 2.35 bits per heavy atom. The number of amides is 1. The normalized spacial score (nSPS) is 10.3. The molecule has 6 heteroatoms. The van der Waals surface area contributed by atoms with Gasteiger partial charge in [-0.3, -0.25) is 4.79 Å². The number of ether oxygens (including phenoxy) is 1. The van der Waals surface area contributed by atoms with Crippen molar-refractivity contribution < 1.29 is 9.53 Å². The number of methoxy groups -OCH3 is 1. The second-order valence-corrected chi connectivity index (χ2v) is 4.67. The molecule has 0 atom stereocenters. The third-order valence-electron chi connectivity index (χ3n) is 2.85. The van der Waals surface area contributed by atoms with Crippen LogP contribution in [0.3, 0.4) is 0 Å². The molecule has 0 fully saturated rings. The highest BCUT2D eigenvalue weighted by Crippen LogP contribution is 2.24. The fourth-order valence-corrected chi connectivity index (χ4v) is 2.05. The van der Waals surface area contributed by atoms with Crippen LogP contribution >= 0.6 is 11.6 Å². The summed E-state index contributed by atoms with van der Waals surface area (Å²) in [4.78, 5) is 15.9. The van der Waals surface area contributed by atoms with Gasteiger partial charge in [0, 0.05) is 31.0 Å². The molecule has 0 bridgehead atoms. The molecule has 0 radical (unpaired) electrons. The lowest BCUT2D eigenvalue weighted by molar-refractivity contribution is 0.0952. The topological polar surface area (TPSA) is 56.1 Å². The number of carbonyl (C=O) groups is 1. The molecule has 1 N–H and O–H groups in total. The molecule has 2 rings (SSSR count). The summed E-state index contributed by atoms with van der Waals surface area (Å²) < 4.78 is 7.02. The zero-order valence-electron chi connectivity index (χ0n) is 11.2. The molecule has 106 valence electrons. The summed E-state index contributed by atoms with van der Waals surface area (Å²) in [7, 11) is 1.54. The summed E-state index contributed by atoms with van der Waals surface area (Å²) in [6.07, 6.45) is 6.22. The number of hydrogen-bond acceptors (Lipinski definition) is 3. The first-order valence-electron chi connectivity index (χ1n) is 6.28. The van der Waals surface area contributed by atoms with Gasteiger partial charge in [-0.15, -0.1) is 0 Å². The van der Waals surface area contributed by atoms with E-state index in [-0.39, 0.29) is 5.91 Å². The summed E-state index contributed by atoms with van der Waals surface area (Å²) in [6.45, 7) is 1.42. The molecule has 0 unspecified atom stereocenters. The second kappa shape index (κ2) is 6.96. The highest BCUT2D eigenvalue weighted by atomic mass is 35.5. The molecule has 0 spiro atoms. The first-order valence-corrected chi connectivity index (χ1v) is 6.66. The summed E-state index contributed by atoms with van der Waals surface area (Å²) in [5, 5.41) is 3.28. The molecule has 0 aliphatic carbocycles. The Morgan fingerprint density at radius 3 is 3.00 bits per heavy atom. The average molecular weight is 294 g/mol. The van der Waals surface area contributed by atoms with Crippen LogP contribution in [0.25, 0.3) is 0 Å². The second-order valence-electron chi connectivity index (χ2n) is 4.26. The van der Waals surface area contributed by atoms with Gasteiger partial charge in [-0.1, -0.05) is 11.6 Å². The van der Waals surface area contributed by atoms with E-state index in [1.807, 2.05) is 10.8 Å². The fraction of sp³-hybridized carbons (Fsp3) is 0.286. The Hall–Kier alpha value is -2.01. The van der Waals surface area contributed by atoms with Gasteiger partial charge in [-0.05, 0) is 24.6 Å². The largest absolute Gasteiger partial charge is 0.495 e. The number of hydrogen-bond donors (Lipinski definition) is 1. The molecule has 20 heavy (non-hydrogen) atoms. The van der Waals surface area contributed by atoms with Gasteiger partial charge in [0.15, 0.2) is 0 Å². The first-order chi connectivity index (χ1) is 9.70. The minimum absolute atomic E-state index is 0.139. The Bertz CT molecular complexity index is 570. The minimum atomic E-state index is -0.139. The Morgan fingerprint density at radius 1 is 1.50 bits per heavy atom. The first kappa shape index (κ1) is 14.4. The van der Waals surface area contributed by atoms with Crippen LogP contribution in [0.15, 0.2) is 36.9 Å². The smallest absolute Gasteiger partial charge is 0.251 e. The van der Waals surface area contributed by atoms with Crippen LogP contribution in [0.4, 0.5) is 0 Å². The fourth-order valence-electron chi connectivity index (χ4n) is 1.79. The number of imidazole rings is 1. The third-order valence-corrected chi connectivity index (χ3v) is 3.15. The number of rotatable bonds is 6. The number of nitrogens with zero attached hydrogens (tertiary/aromatic N) is 2. The van der Waals surface area contributed by atoms with Crippen LogP contribution < -0.4 is 10.1 Å². The van der Waals surface area contributed by atoms with Gasteiger partial charge in [0.2, 0.25) is 0 Å². The predicted molar refractivity (Wildman–Crippen MR) is 77.2 cm³/mol. The molecule has 0 saturated carbocycles. The van der Waals surface area contributed by atoms with Crippen LogP contribution in [0.5, 0.6) is 5.75 Å². The van der Waals surface area contributed by atoms with Crippen molar-refractivity contribution >= 4 is 17.5 Å². The summed E-state index contributed by atoms with van der Waals surface area (Å²) in [6, 6.07) is 4.98. The molecule has 1 heterocycles. The lowest BCUT2D eigenvalue weighted by atomic mass is 10.2. The molecule has 1 aromatic heterocycles. The Kier molecular flexibility index (Phi) is 5.01. The van der Waals surface area contributed by atoms with E-state index in [1.54, 1.807) is 30.7 Å². The van der Waals surface area contributed by atoms with E-state index in [9.17, 15) is 4.79 Å². The maximum Gasteiger partial charge on any atom is 0.251 e. The highest BCUT2D eigenvalue weighted by Gasteiger charge is 2.08. The van der Waals surface area contributed by atoms with Gasteiger partial charge in [-0.25, -0.2) is 4.98 Å². The van der Waals surface area contributed by atoms with E-state index < -0.39 is 0 Å². The zero-order valence-corrected chi connectivity index (χ0v) is 11.9. The minimum Gasteiger partial charge on any atom is -0.495 e. The van der Waals surface area contributed by atoms with Gasteiger partial charge >= 0.3 is 0 Å². The van der Waals surface area contributed by atoms with Crippen molar-refractivity contribution in [1.29, 1.82) is 0 Å². The van der Waals surface area contributed by atoms with E-state index in [0.29, 0.717) is 22.9 Å². The van der Waals surface area contributed by atoms with E-state index in [4.69, 9.17) is 16.3 Å². The number of aryl methyl sites for hydroxylation is 1. The van der Waals surface area contributed by atoms with E-state index in [2.05, 4.69) is 10.3 Å². The molecular weight excluding hydrogens is 278 g/mol. The Balaban J connectivity index is 1.81. The van der Waals surface area contributed by atoms with Crippen molar-refractivity contribution in [2.24, 2.45) is 0 Å². The van der Waals surface area contributed by atoms with Gasteiger partial charge in [-0.2, -0.15) is 0 Å². The van der Waals surface area contributed by atoms with Crippen LogP contribution in [0, 0.1) is 0 Å². The molecule has 2 aromatic rings. The molecule has 1 aromatic carbocycles. The maximum absolute atomic E-state index is 11.9. The van der Waals surface area contributed by atoms with Crippen molar-refractivity contribution in [3.8, 4) is 5.75 Å². The Labute approximate surface area is 122 Å². The number of nitrogens with one attached hydrogen (secondary N) is 1. The monoisotopic (exact) mass is 293 g/mol. The standard InChI is InChI=1S/C14H16ClN3O2/c1-20-13-4-3-11(9-12(13)15)14(19)17-5-2-7-18-8-6-16-10-18/h3-4,6,8-10H,2,5,7H2,1H3,(H,17,19). The van der Waals surface area contributed by atoms with Crippen molar-refractivity contribution in [2.75, 3.05) is 13.7 Å². The van der Waals surface area contributed by atoms with Crippen molar-refractivity contribution in [1.82, 2.24) is 14.9 Å². The number of carbonyl (C=O) groups excluding carboxylic acids is 1. The summed E-state index contributed by atoms with van der Waals surface area (Å²) in [5.41, 5.74) is 0.526. The predicted octanol–water partition coefficient (Wildman–Crippen LogP) is 2.37. The number of halogens is 1. The lowest BCUT2D eigenvalue weighted by Crippen LogP contribution is -2.25. The van der Waals surface area contributed by atoms with E-state index >= 15 is 0 Å². The third kappa shape index (κ3) is 3.74. The van der Waals surface area contributed by atoms with Crippen LogP contribution in [0.2, 0.25) is 5.02 Å². The number of benzene rings is 1. The zero-order chi connectivity index (χ0) is 14.4. The van der Waals surface area contributed by atoms with Crippen molar-refractivity contribution in [3.63, 3.8) is 0 Å². The lowest BCUT2D eigenvalue weighted by Gasteiger charge is -2.08. The van der Waals surface area contributed by atoms with Gasteiger partial charge in [0.25, 0.3) is 5.91 Å². The summed E-state index contributed by atoms with van der Waals surface area (Å²) in [5.74, 6) is 0.420. The summed E-state index contributed by atoms with van der Waals surface area (Å²) >= 11 is 5.99. The van der Waals surface area contributed by atoms with Crippen LogP contribution in [0.1, 0.15) is 16.8 Å². The molecule has 0 aliphatic rings. The maximum atomic E-state index is 11.9. The molecule has 5 nitrogen and oxygen atoms in total. The average Bonchev–Trinajstić information content (AvgIpc) is 2.96. The van der Waals surface area contributed by atoms with Gasteiger partial charge < -0.3 is 14.6 Å². The molecular formula is C14H16ClN3O2. The van der Waals surface area contributed by atoms with E-state index in [1.165, 1.54) is 7.11 Å². The molecule has 1 amide bonds. The molecule has 0 saturated heterocycles. The van der Waals surface area contributed by atoms with E-state index in [0.717, 1.165) is 13.0 Å². The van der Waals surface area contributed by atoms with Crippen LogP contribution in [-0.4, -0.2) is 29.1 Å². The van der Waals surface area contributed by atoms with Gasteiger partial charge in [0.1, 0.15) is 5.75 Å². The van der Waals surface area contributed by atoms with Crippen LogP contribution in [-0.2, 0) is 6.54 Å². The molecule has 0 aliphatic heterocycles. The SMILES string of the molecule is COc1ccc(C(=O)NCCCn2ccnc2)cc1Cl. The van der Waals surface area contributed by atoms with Crippen molar-refractivity contribution in [2.45, 2.75) is 13.0 Å². The van der Waals surface area contributed by atoms with Gasteiger partial charge in [0.05, 0.1) is 18.5 Å². The quantitative estimate of drug-likeness (QED) is 0.832. The highest BCUT2D eigenvalue weighted by molar-refractivity contribution is 6.32. The number of aromatic nitrogens is 2. The van der Waals surface area contributed by atoms with Crippen molar-refractivity contribution in [3.05, 3.63) is 47.5 Å².